The Hall–Kier alpha value is -5.38. The highest BCUT2D eigenvalue weighted by Crippen LogP contribution is 2.44. The topological polar surface area (TPSA) is 42.3 Å². The van der Waals surface area contributed by atoms with Crippen LogP contribution >= 0.6 is 0 Å². The molecule has 236 valence electrons. The van der Waals surface area contributed by atoms with Crippen molar-refractivity contribution in [2.24, 2.45) is 0 Å². The van der Waals surface area contributed by atoms with E-state index in [4.69, 9.17) is 0 Å². The fourth-order valence-corrected chi connectivity index (χ4v) is 6.79. The van der Waals surface area contributed by atoms with Crippen molar-refractivity contribution in [3.8, 4) is 16.8 Å². The molecule has 0 spiro atoms. The molecular formula is C37H24F6N2O2. The molecule has 47 heavy (non-hydrogen) atoms. The lowest BCUT2D eigenvalue weighted by atomic mass is 9.95. The number of hydrogen-bond acceptors (Lipinski definition) is 2. The van der Waals surface area contributed by atoms with Crippen molar-refractivity contribution < 1.29 is 35.9 Å². The molecule has 0 fully saturated rings. The first kappa shape index (κ1) is 30.3. The second-order valence-electron chi connectivity index (χ2n) is 11.7. The minimum atomic E-state index is -5.04. The molecule has 2 heterocycles. The van der Waals surface area contributed by atoms with E-state index in [1.165, 1.54) is 17.0 Å². The number of aryl methyl sites for hydroxylation is 3. The molecule has 0 N–H and O–H groups in total. The molecular weight excluding hydrogens is 618 g/mol. The number of amides is 2. The van der Waals surface area contributed by atoms with Crippen LogP contribution in [-0.4, -0.2) is 16.4 Å². The average molecular weight is 643 g/mol. The van der Waals surface area contributed by atoms with Gasteiger partial charge in [-0.15, -0.1) is 0 Å². The van der Waals surface area contributed by atoms with Gasteiger partial charge in [0.05, 0.1) is 44.7 Å². The summed E-state index contributed by atoms with van der Waals surface area (Å²) in [7, 11) is 0. The van der Waals surface area contributed by atoms with E-state index in [9.17, 15) is 35.9 Å². The van der Waals surface area contributed by atoms with Crippen molar-refractivity contribution in [1.29, 1.82) is 0 Å². The molecule has 0 bridgehead atoms. The SMILES string of the molecule is Cc1cc(C)c(N2C(=O)c3cccc(-n4c5ccccc5c5cc(-c6ccc(C(F)(F)F)cc6C(F)(F)F)ccc54)c3C2=O)c(C)c1. The maximum absolute atomic E-state index is 14.2. The highest BCUT2D eigenvalue weighted by Gasteiger charge is 2.41. The van der Waals surface area contributed by atoms with Gasteiger partial charge in [-0.1, -0.05) is 54.1 Å². The summed E-state index contributed by atoms with van der Waals surface area (Å²) >= 11 is 0. The van der Waals surface area contributed by atoms with Gasteiger partial charge in [-0.3, -0.25) is 9.59 Å². The summed E-state index contributed by atoms with van der Waals surface area (Å²) in [5.41, 5.74) is 1.89. The van der Waals surface area contributed by atoms with Gasteiger partial charge in [0.1, 0.15) is 0 Å². The Bertz CT molecular complexity index is 2290. The van der Waals surface area contributed by atoms with Crippen molar-refractivity contribution in [2.45, 2.75) is 33.1 Å². The normalized spacial score (nSPS) is 13.7. The van der Waals surface area contributed by atoms with E-state index < -0.39 is 40.9 Å². The predicted molar refractivity (Wildman–Crippen MR) is 168 cm³/mol. The zero-order valence-corrected chi connectivity index (χ0v) is 25.1. The lowest BCUT2D eigenvalue weighted by Gasteiger charge is -2.20. The Kier molecular flexibility index (Phi) is 6.65. The Labute approximate surface area is 264 Å². The van der Waals surface area contributed by atoms with Crippen LogP contribution in [0.25, 0.3) is 38.6 Å². The quantitative estimate of drug-likeness (QED) is 0.142. The first-order valence-corrected chi connectivity index (χ1v) is 14.6. The van der Waals surface area contributed by atoms with E-state index in [0.29, 0.717) is 39.2 Å². The molecule has 0 saturated heterocycles. The minimum absolute atomic E-state index is 0.0718. The average Bonchev–Trinajstić information content (AvgIpc) is 3.46. The van der Waals surface area contributed by atoms with E-state index in [0.717, 1.165) is 22.8 Å². The first-order valence-electron chi connectivity index (χ1n) is 14.6. The van der Waals surface area contributed by atoms with Crippen LogP contribution in [0.3, 0.4) is 0 Å². The number of hydrogen-bond donors (Lipinski definition) is 0. The molecule has 0 aliphatic carbocycles. The number of nitrogens with zero attached hydrogens (tertiary/aromatic N) is 2. The van der Waals surface area contributed by atoms with Crippen LogP contribution in [0.1, 0.15) is 48.5 Å². The molecule has 4 nitrogen and oxygen atoms in total. The number of alkyl halides is 6. The van der Waals surface area contributed by atoms with Crippen LogP contribution in [0.5, 0.6) is 0 Å². The number of aromatic nitrogens is 1. The van der Waals surface area contributed by atoms with Crippen molar-refractivity contribution in [1.82, 2.24) is 4.57 Å². The van der Waals surface area contributed by atoms with Crippen LogP contribution in [0, 0.1) is 20.8 Å². The molecule has 0 radical (unpaired) electrons. The van der Waals surface area contributed by atoms with E-state index >= 15 is 0 Å². The van der Waals surface area contributed by atoms with Crippen LogP contribution < -0.4 is 4.90 Å². The third-order valence-electron chi connectivity index (χ3n) is 8.63. The number of benzene rings is 5. The number of rotatable bonds is 3. The van der Waals surface area contributed by atoms with Crippen LogP contribution in [-0.2, 0) is 12.4 Å². The summed E-state index contributed by atoms with van der Waals surface area (Å²) in [6.45, 7) is 5.61. The molecule has 1 aromatic heterocycles. The molecule has 1 aliphatic rings. The number of fused-ring (bicyclic) bond motifs is 4. The smallest absolute Gasteiger partial charge is 0.308 e. The summed E-state index contributed by atoms with van der Waals surface area (Å²) in [6, 6.07) is 22.0. The Morgan fingerprint density at radius 2 is 1.28 bits per heavy atom. The van der Waals surface area contributed by atoms with Crippen molar-refractivity contribution in [3.05, 3.63) is 130 Å². The second-order valence-corrected chi connectivity index (χ2v) is 11.7. The van der Waals surface area contributed by atoms with Gasteiger partial charge in [0.15, 0.2) is 0 Å². The van der Waals surface area contributed by atoms with Gasteiger partial charge in [-0.2, -0.15) is 26.3 Å². The molecule has 6 aromatic rings. The molecule has 0 saturated carbocycles. The lowest BCUT2D eigenvalue weighted by molar-refractivity contribution is -0.142. The number of carbonyl (C=O) groups is 2. The lowest BCUT2D eigenvalue weighted by Crippen LogP contribution is -2.31. The molecule has 5 aromatic carbocycles. The summed E-state index contributed by atoms with van der Waals surface area (Å²) in [5.74, 6) is -0.968. The Morgan fingerprint density at radius 1 is 0.596 bits per heavy atom. The zero-order valence-electron chi connectivity index (χ0n) is 25.1. The highest BCUT2D eigenvalue weighted by molar-refractivity contribution is 6.36. The maximum Gasteiger partial charge on any atom is 0.417 e. The monoisotopic (exact) mass is 642 g/mol. The summed E-state index contributed by atoms with van der Waals surface area (Å²) in [5, 5.41) is 1.16. The van der Waals surface area contributed by atoms with Gasteiger partial charge in [-0.25, -0.2) is 4.90 Å². The largest absolute Gasteiger partial charge is 0.417 e. The second kappa shape index (κ2) is 10.3. The molecule has 2 amide bonds. The van der Waals surface area contributed by atoms with Gasteiger partial charge in [0.25, 0.3) is 11.8 Å². The third kappa shape index (κ3) is 4.69. The summed E-state index contributed by atoms with van der Waals surface area (Å²) < 4.78 is 84.0. The van der Waals surface area contributed by atoms with Crippen LogP contribution in [0.15, 0.2) is 91.0 Å². The predicted octanol–water partition coefficient (Wildman–Crippen LogP) is 10.2. The number of carbonyl (C=O) groups excluding carboxylic acids is 2. The molecule has 7 rings (SSSR count). The van der Waals surface area contributed by atoms with Gasteiger partial charge < -0.3 is 4.57 Å². The maximum atomic E-state index is 14.2. The van der Waals surface area contributed by atoms with E-state index in [1.807, 2.05) is 32.9 Å². The zero-order chi connectivity index (χ0) is 33.6. The van der Waals surface area contributed by atoms with Gasteiger partial charge in [-0.05, 0) is 85.5 Å². The van der Waals surface area contributed by atoms with Crippen LogP contribution in [0.4, 0.5) is 32.0 Å². The molecule has 0 unspecified atom stereocenters. The molecule has 1 aliphatic heterocycles. The minimum Gasteiger partial charge on any atom is -0.308 e. The fraction of sp³-hybridized carbons (Fsp3) is 0.135. The summed E-state index contributed by atoms with van der Waals surface area (Å²) in [4.78, 5) is 29.1. The van der Waals surface area contributed by atoms with Gasteiger partial charge in [0, 0.05) is 10.8 Å². The Morgan fingerprint density at radius 3 is 1.96 bits per heavy atom. The van der Waals surface area contributed by atoms with Crippen molar-refractivity contribution >= 4 is 39.3 Å². The van der Waals surface area contributed by atoms with Gasteiger partial charge >= 0.3 is 12.4 Å². The van der Waals surface area contributed by atoms with Crippen LogP contribution in [0.2, 0.25) is 0 Å². The molecule has 10 heteroatoms. The van der Waals surface area contributed by atoms with Gasteiger partial charge in [0.2, 0.25) is 0 Å². The standard InChI is InChI=1S/C37H24F6N2O2/c1-19-15-20(2)33(21(3)16-19)45-34(46)26-8-6-10-31(32(26)35(45)47)44-29-9-5-4-7-25(29)27-17-22(11-14-30(27)44)24-13-12-23(36(38,39)40)18-28(24)37(41,42)43/h4-18H,1-3H3. The number of para-hydroxylation sites is 1. The van der Waals surface area contributed by atoms with E-state index in [-0.39, 0.29) is 22.8 Å². The summed E-state index contributed by atoms with van der Waals surface area (Å²) in [6.07, 6.45) is -9.99. The molecule has 0 atom stereocenters. The highest BCUT2D eigenvalue weighted by atomic mass is 19.4. The van der Waals surface area contributed by atoms with E-state index in [2.05, 4.69) is 0 Å². The first-order chi connectivity index (χ1) is 22.2. The van der Waals surface area contributed by atoms with Crippen molar-refractivity contribution in [3.63, 3.8) is 0 Å². The van der Waals surface area contributed by atoms with Crippen molar-refractivity contribution in [2.75, 3.05) is 4.90 Å². The number of anilines is 1. The Balaban J connectivity index is 1.44. The third-order valence-corrected chi connectivity index (χ3v) is 8.63. The number of imide groups is 1. The fourth-order valence-electron chi connectivity index (χ4n) is 6.79. The number of halogens is 6. The van der Waals surface area contributed by atoms with E-state index in [1.54, 1.807) is 53.1 Å².